The summed E-state index contributed by atoms with van der Waals surface area (Å²) in [6.45, 7) is 1.62. The predicted octanol–water partition coefficient (Wildman–Crippen LogP) is 2.22. The standard InChI is InChI=1S/C10H7ClN2O4/c1-4-3-13(10(16)17)7-6(4)5(9(14)15)2-12-8(7)11/h2-3H,1H3,(H,14,15)(H,16,17). The van der Waals surface area contributed by atoms with Gasteiger partial charge in [0.2, 0.25) is 0 Å². The summed E-state index contributed by atoms with van der Waals surface area (Å²) < 4.78 is 0.867. The van der Waals surface area contributed by atoms with E-state index < -0.39 is 12.1 Å². The summed E-state index contributed by atoms with van der Waals surface area (Å²) in [7, 11) is 0. The van der Waals surface area contributed by atoms with Crippen molar-refractivity contribution in [3.8, 4) is 0 Å². The number of carboxylic acid groups (broad SMARTS) is 2. The van der Waals surface area contributed by atoms with Gasteiger partial charge in [0.25, 0.3) is 0 Å². The van der Waals surface area contributed by atoms with Crippen molar-refractivity contribution in [2.45, 2.75) is 6.92 Å². The lowest BCUT2D eigenvalue weighted by Gasteiger charge is -2.02. The fourth-order valence-electron chi connectivity index (χ4n) is 1.73. The first-order valence-electron chi connectivity index (χ1n) is 4.56. The Morgan fingerprint density at radius 2 is 2.06 bits per heavy atom. The Kier molecular flexibility index (Phi) is 2.51. The molecule has 0 unspecified atom stereocenters. The molecule has 0 saturated heterocycles. The van der Waals surface area contributed by atoms with Crippen molar-refractivity contribution in [2.24, 2.45) is 0 Å². The third-order valence-electron chi connectivity index (χ3n) is 2.40. The first kappa shape index (κ1) is 11.4. The molecule has 0 saturated carbocycles. The minimum Gasteiger partial charge on any atom is -0.478 e. The van der Waals surface area contributed by atoms with Crippen molar-refractivity contribution in [3.63, 3.8) is 0 Å². The van der Waals surface area contributed by atoms with Gasteiger partial charge in [0.15, 0.2) is 5.15 Å². The molecule has 0 amide bonds. The van der Waals surface area contributed by atoms with E-state index in [1.807, 2.05) is 0 Å². The maximum Gasteiger partial charge on any atom is 0.416 e. The fraction of sp³-hybridized carbons (Fsp3) is 0.100. The minimum atomic E-state index is -1.24. The number of aromatic nitrogens is 2. The lowest BCUT2D eigenvalue weighted by atomic mass is 10.1. The predicted molar refractivity (Wildman–Crippen MR) is 59.9 cm³/mol. The van der Waals surface area contributed by atoms with Crippen molar-refractivity contribution < 1.29 is 19.8 Å². The van der Waals surface area contributed by atoms with Crippen LogP contribution in [0.4, 0.5) is 4.79 Å². The van der Waals surface area contributed by atoms with E-state index >= 15 is 0 Å². The number of aryl methyl sites for hydroxylation is 1. The maximum absolute atomic E-state index is 11.0. The molecule has 0 aliphatic rings. The first-order valence-corrected chi connectivity index (χ1v) is 4.94. The normalized spacial score (nSPS) is 10.7. The molecule has 7 heteroatoms. The second-order valence-corrected chi connectivity index (χ2v) is 3.81. The summed E-state index contributed by atoms with van der Waals surface area (Å²) in [6.07, 6.45) is 1.19. The number of fused-ring (bicyclic) bond motifs is 1. The van der Waals surface area contributed by atoms with E-state index in [0.717, 1.165) is 10.8 Å². The fourth-order valence-corrected chi connectivity index (χ4v) is 1.97. The Hall–Kier alpha value is -2.08. The Balaban J connectivity index is 2.98. The van der Waals surface area contributed by atoms with E-state index in [0.29, 0.717) is 10.9 Å². The lowest BCUT2D eigenvalue weighted by Crippen LogP contribution is -2.07. The molecular formula is C10H7ClN2O4. The Bertz CT molecular complexity index is 647. The summed E-state index contributed by atoms with van der Waals surface area (Å²) in [5.74, 6) is -1.18. The number of aromatic carboxylic acids is 1. The number of carboxylic acids is 1. The number of halogens is 1. The zero-order chi connectivity index (χ0) is 12.7. The molecule has 0 radical (unpaired) electrons. The summed E-state index contributed by atoms with van der Waals surface area (Å²) in [5, 5.41) is 18.2. The largest absolute Gasteiger partial charge is 0.478 e. The van der Waals surface area contributed by atoms with Gasteiger partial charge in [-0.3, -0.25) is 0 Å². The molecule has 0 atom stereocenters. The third-order valence-corrected chi connectivity index (χ3v) is 2.68. The number of rotatable bonds is 1. The van der Waals surface area contributed by atoms with Crippen LogP contribution in [0.1, 0.15) is 15.9 Å². The van der Waals surface area contributed by atoms with E-state index in [4.69, 9.17) is 21.8 Å². The molecule has 0 aliphatic carbocycles. The van der Waals surface area contributed by atoms with Crippen LogP contribution in [-0.4, -0.2) is 31.8 Å². The third kappa shape index (κ3) is 1.62. The number of carbonyl (C=O) groups is 2. The quantitative estimate of drug-likeness (QED) is 0.761. The highest BCUT2D eigenvalue weighted by molar-refractivity contribution is 6.35. The van der Waals surface area contributed by atoms with Gasteiger partial charge in [-0.1, -0.05) is 11.6 Å². The zero-order valence-corrected chi connectivity index (χ0v) is 9.39. The second kappa shape index (κ2) is 3.74. The van der Waals surface area contributed by atoms with Crippen LogP contribution in [0.3, 0.4) is 0 Å². The molecule has 0 spiro atoms. The molecule has 2 heterocycles. The molecule has 88 valence electrons. The number of hydrogen-bond donors (Lipinski definition) is 2. The molecule has 0 fully saturated rings. The number of hydrogen-bond acceptors (Lipinski definition) is 3. The van der Waals surface area contributed by atoms with Crippen molar-refractivity contribution in [2.75, 3.05) is 0 Å². The SMILES string of the molecule is Cc1cn(C(=O)O)c2c(Cl)ncc(C(=O)O)c12. The van der Waals surface area contributed by atoms with Gasteiger partial charge in [-0.25, -0.2) is 19.1 Å². The summed E-state index contributed by atoms with van der Waals surface area (Å²) in [5.41, 5.74) is 0.544. The Morgan fingerprint density at radius 3 is 2.59 bits per heavy atom. The van der Waals surface area contributed by atoms with Crippen LogP contribution in [0.25, 0.3) is 10.9 Å². The van der Waals surface area contributed by atoms with Gasteiger partial charge in [-0.15, -0.1) is 0 Å². The molecule has 0 bridgehead atoms. The van der Waals surface area contributed by atoms with Gasteiger partial charge in [0.05, 0.1) is 11.1 Å². The van der Waals surface area contributed by atoms with Crippen LogP contribution < -0.4 is 0 Å². The average molecular weight is 255 g/mol. The second-order valence-electron chi connectivity index (χ2n) is 3.46. The smallest absolute Gasteiger partial charge is 0.416 e. The maximum atomic E-state index is 11.0. The molecule has 2 N–H and O–H groups in total. The minimum absolute atomic E-state index is 0.0412. The Morgan fingerprint density at radius 1 is 1.41 bits per heavy atom. The van der Waals surface area contributed by atoms with Gasteiger partial charge < -0.3 is 10.2 Å². The van der Waals surface area contributed by atoms with Crippen LogP contribution in [0, 0.1) is 6.92 Å². The van der Waals surface area contributed by atoms with Gasteiger partial charge in [-0.05, 0) is 12.5 Å². The summed E-state index contributed by atoms with van der Waals surface area (Å²) in [6, 6.07) is 0. The number of nitrogens with zero attached hydrogens (tertiary/aromatic N) is 2. The molecule has 2 rings (SSSR count). The molecule has 2 aromatic heterocycles. The Labute approximate surface area is 100 Å². The van der Waals surface area contributed by atoms with Gasteiger partial charge in [0, 0.05) is 17.8 Å². The first-order chi connectivity index (χ1) is 7.93. The van der Waals surface area contributed by atoms with Crippen molar-refractivity contribution >= 4 is 34.6 Å². The molecule has 0 aromatic carbocycles. The van der Waals surface area contributed by atoms with Crippen LogP contribution in [-0.2, 0) is 0 Å². The highest BCUT2D eigenvalue weighted by Crippen LogP contribution is 2.29. The van der Waals surface area contributed by atoms with Gasteiger partial charge in [-0.2, -0.15) is 0 Å². The lowest BCUT2D eigenvalue weighted by molar-refractivity contribution is 0.0698. The molecule has 2 aromatic rings. The molecule has 6 nitrogen and oxygen atoms in total. The van der Waals surface area contributed by atoms with E-state index in [2.05, 4.69) is 4.98 Å². The van der Waals surface area contributed by atoms with E-state index in [-0.39, 0.29) is 16.2 Å². The van der Waals surface area contributed by atoms with E-state index in [1.54, 1.807) is 6.92 Å². The zero-order valence-electron chi connectivity index (χ0n) is 8.64. The van der Waals surface area contributed by atoms with Gasteiger partial charge in [0.1, 0.15) is 0 Å². The summed E-state index contributed by atoms with van der Waals surface area (Å²) in [4.78, 5) is 25.7. The topological polar surface area (TPSA) is 92.4 Å². The number of pyridine rings is 1. The average Bonchev–Trinajstić information content (AvgIpc) is 2.58. The van der Waals surface area contributed by atoms with E-state index in [1.165, 1.54) is 6.20 Å². The highest BCUT2D eigenvalue weighted by Gasteiger charge is 2.20. The van der Waals surface area contributed by atoms with Gasteiger partial charge >= 0.3 is 12.1 Å². The monoisotopic (exact) mass is 254 g/mol. The van der Waals surface area contributed by atoms with Crippen molar-refractivity contribution in [1.29, 1.82) is 0 Å². The van der Waals surface area contributed by atoms with Crippen LogP contribution in [0.15, 0.2) is 12.4 Å². The van der Waals surface area contributed by atoms with Crippen LogP contribution >= 0.6 is 11.6 Å². The molecule has 0 aliphatic heterocycles. The van der Waals surface area contributed by atoms with E-state index in [9.17, 15) is 9.59 Å². The van der Waals surface area contributed by atoms with Crippen molar-refractivity contribution in [1.82, 2.24) is 9.55 Å². The molecular weight excluding hydrogens is 248 g/mol. The highest BCUT2D eigenvalue weighted by atomic mass is 35.5. The van der Waals surface area contributed by atoms with Crippen molar-refractivity contribution in [3.05, 3.63) is 28.7 Å². The molecule has 17 heavy (non-hydrogen) atoms. The summed E-state index contributed by atoms with van der Waals surface area (Å²) >= 11 is 5.81. The van der Waals surface area contributed by atoms with Crippen LogP contribution in [0.2, 0.25) is 5.15 Å². The van der Waals surface area contributed by atoms with Crippen LogP contribution in [0.5, 0.6) is 0 Å².